The molecule has 5 nitrogen and oxygen atoms in total. The zero-order chi connectivity index (χ0) is 14.9. The van der Waals surface area contributed by atoms with Crippen LogP contribution in [-0.4, -0.2) is 19.4 Å². The molecule has 1 aliphatic carbocycles. The molecule has 1 saturated carbocycles. The number of aromatic nitrogens is 1. The number of thiophene rings is 1. The highest BCUT2D eigenvalue weighted by Crippen LogP contribution is 2.24. The van der Waals surface area contributed by atoms with Gasteiger partial charge in [-0.25, -0.2) is 8.42 Å². The third kappa shape index (κ3) is 3.81. The maximum absolute atomic E-state index is 12.3. The van der Waals surface area contributed by atoms with Crippen LogP contribution in [0.1, 0.15) is 24.1 Å². The second-order valence-electron chi connectivity index (χ2n) is 5.22. The molecule has 0 spiro atoms. The molecule has 1 fully saturated rings. The second-order valence-corrected chi connectivity index (χ2v) is 8.04. The Hall–Kier alpha value is -1.44. The van der Waals surface area contributed by atoms with E-state index in [4.69, 9.17) is 0 Å². The van der Waals surface area contributed by atoms with Crippen LogP contribution < -0.4 is 10.0 Å². The molecule has 1 aliphatic rings. The van der Waals surface area contributed by atoms with Gasteiger partial charge in [0, 0.05) is 24.5 Å². The van der Waals surface area contributed by atoms with Gasteiger partial charge in [-0.15, -0.1) is 11.3 Å². The monoisotopic (exact) mass is 323 g/mol. The van der Waals surface area contributed by atoms with Crippen LogP contribution in [0.5, 0.6) is 0 Å². The van der Waals surface area contributed by atoms with Crippen LogP contribution in [0.2, 0.25) is 0 Å². The van der Waals surface area contributed by atoms with Crippen molar-refractivity contribution >= 4 is 27.0 Å². The van der Waals surface area contributed by atoms with Crippen LogP contribution in [0, 0.1) is 6.92 Å². The van der Waals surface area contributed by atoms with Crippen molar-refractivity contribution in [2.75, 3.05) is 4.72 Å². The Morgan fingerprint density at radius 2 is 2.19 bits per heavy atom. The van der Waals surface area contributed by atoms with E-state index >= 15 is 0 Å². The molecule has 0 atom stereocenters. The van der Waals surface area contributed by atoms with Crippen molar-refractivity contribution in [1.29, 1.82) is 0 Å². The first-order chi connectivity index (χ1) is 10.0. The molecule has 3 rings (SSSR count). The van der Waals surface area contributed by atoms with Crippen LogP contribution in [-0.2, 0) is 16.6 Å². The number of pyridine rings is 1. The summed E-state index contributed by atoms with van der Waals surface area (Å²) in [6.07, 6.45) is 4.03. The van der Waals surface area contributed by atoms with E-state index in [1.165, 1.54) is 24.2 Å². The fraction of sp³-hybridized carbons (Fsp3) is 0.357. The Bertz CT molecular complexity index is 736. The molecule has 0 aromatic carbocycles. The lowest BCUT2D eigenvalue weighted by molar-refractivity contribution is 0.603. The summed E-state index contributed by atoms with van der Waals surface area (Å²) in [5, 5.41) is 5.27. The maximum Gasteiger partial charge on any atom is 0.271 e. The Balaban J connectivity index is 1.71. The van der Waals surface area contributed by atoms with E-state index in [2.05, 4.69) is 15.0 Å². The van der Waals surface area contributed by atoms with Crippen LogP contribution >= 0.6 is 11.3 Å². The number of anilines is 1. The Labute approximate surface area is 128 Å². The number of nitrogens with zero attached hydrogens (tertiary/aromatic N) is 1. The number of aryl methyl sites for hydroxylation is 1. The molecule has 0 aliphatic heterocycles. The Kier molecular flexibility index (Phi) is 3.97. The molecule has 0 saturated heterocycles. The quantitative estimate of drug-likeness (QED) is 0.857. The van der Waals surface area contributed by atoms with Crippen molar-refractivity contribution in [3.8, 4) is 0 Å². The smallest absolute Gasteiger partial charge is 0.271 e. The molecule has 0 bridgehead atoms. The lowest BCUT2D eigenvalue weighted by atomic mass is 10.3. The molecule has 2 heterocycles. The summed E-state index contributed by atoms with van der Waals surface area (Å²) >= 11 is 1.25. The van der Waals surface area contributed by atoms with Crippen molar-refractivity contribution in [2.24, 2.45) is 0 Å². The predicted molar refractivity (Wildman–Crippen MR) is 84.0 cm³/mol. The van der Waals surface area contributed by atoms with Crippen molar-refractivity contribution in [3.05, 3.63) is 41.0 Å². The zero-order valence-electron chi connectivity index (χ0n) is 11.7. The third-order valence-corrected chi connectivity index (χ3v) is 6.09. The van der Waals surface area contributed by atoms with E-state index in [1.54, 1.807) is 24.4 Å². The highest BCUT2D eigenvalue weighted by Gasteiger charge is 2.21. The summed E-state index contributed by atoms with van der Waals surface area (Å²) in [6, 6.07) is 5.70. The lowest BCUT2D eigenvalue weighted by Crippen LogP contribution is -2.15. The minimum atomic E-state index is -3.52. The van der Waals surface area contributed by atoms with Gasteiger partial charge < -0.3 is 5.32 Å². The molecular formula is C14H17N3O2S2. The Morgan fingerprint density at radius 1 is 1.38 bits per heavy atom. The van der Waals surface area contributed by atoms with Gasteiger partial charge in [0.15, 0.2) is 0 Å². The van der Waals surface area contributed by atoms with E-state index in [0.29, 0.717) is 15.9 Å². The first-order valence-corrected chi connectivity index (χ1v) is 9.15. The molecule has 2 aromatic heterocycles. The third-order valence-electron chi connectivity index (χ3n) is 3.22. The van der Waals surface area contributed by atoms with Crippen LogP contribution in [0.25, 0.3) is 0 Å². The fourth-order valence-electron chi connectivity index (χ4n) is 1.95. The first kappa shape index (κ1) is 14.5. The molecule has 112 valence electrons. The number of hydrogen-bond acceptors (Lipinski definition) is 5. The SMILES string of the molecule is Cc1cc(NS(=O)(=O)c2cc(CNC3CC3)cs2)ccn1. The van der Waals surface area contributed by atoms with Gasteiger partial charge in [-0.3, -0.25) is 9.71 Å². The van der Waals surface area contributed by atoms with Crippen molar-refractivity contribution < 1.29 is 8.42 Å². The van der Waals surface area contributed by atoms with Crippen molar-refractivity contribution in [1.82, 2.24) is 10.3 Å². The van der Waals surface area contributed by atoms with Crippen molar-refractivity contribution in [2.45, 2.75) is 36.6 Å². The highest BCUT2D eigenvalue weighted by atomic mass is 32.2. The second kappa shape index (κ2) is 5.75. The summed E-state index contributed by atoms with van der Waals surface area (Å²) < 4.78 is 27.6. The number of hydrogen-bond donors (Lipinski definition) is 2. The van der Waals surface area contributed by atoms with Crippen LogP contribution in [0.4, 0.5) is 5.69 Å². The molecule has 7 heteroatoms. The van der Waals surface area contributed by atoms with Gasteiger partial charge in [-0.05, 0) is 48.9 Å². The topological polar surface area (TPSA) is 71.1 Å². The lowest BCUT2D eigenvalue weighted by Gasteiger charge is -2.06. The minimum Gasteiger partial charge on any atom is -0.310 e. The van der Waals surface area contributed by atoms with Crippen LogP contribution in [0.15, 0.2) is 34.0 Å². The average Bonchev–Trinajstić information content (AvgIpc) is 3.12. The molecule has 2 N–H and O–H groups in total. The van der Waals surface area contributed by atoms with Gasteiger partial charge in [0.1, 0.15) is 4.21 Å². The van der Waals surface area contributed by atoms with Gasteiger partial charge in [0.25, 0.3) is 10.0 Å². The maximum atomic E-state index is 12.3. The molecule has 0 radical (unpaired) electrons. The van der Waals surface area contributed by atoms with E-state index in [0.717, 1.165) is 17.8 Å². The van der Waals surface area contributed by atoms with Crippen LogP contribution in [0.3, 0.4) is 0 Å². The van der Waals surface area contributed by atoms with E-state index in [-0.39, 0.29) is 0 Å². The Morgan fingerprint density at radius 3 is 2.90 bits per heavy atom. The number of nitrogens with one attached hydrogen (secondary N) is 2. The standard InChI is InChI=1S/C14H17N3O2S2/c1-10-6-13(4-5-15-10)17-21(18,19)14-7-11(9-20-14)8-16-12-2-3-12/h4-7,9,12,16H,2-3,8H2,1H3,(H,15,17). The molecule has 0 unspecified atom stereocenters. The zero-order valence-corrected chi connectivity index (χ0v) is 13.3. The molecular weight excluding hydrogens is 306 g/mol. The van der Waals surface area contributed by atoms with Gasteiger partial charge >= 0.3 is 0 Å². The molecule has 21 heavy (non-hydrogen) atoms. The summed E-state index contributed by atoms with van der Waals surface area (Å²) in [7, 11) is -3.52. The summed E-state index contributed by atoms with van der Waals surface area (Å²) in [6.45, 7) is 2.55. The minimum absolute atomic E-state index is 0.338. The predicted octanol–water partition coefficient (Wildman–Crippen LogP) is 2.50. The highest BCUT2D eigenvalue weighted by molar-refractivity contribution is 7.94. The molecule has 0 amide bonds. The van der Waals surface area contributed by atoms with Crippen molar-refractivity contribution in [3.63, 3.8) is 0 Å². The first-order valence-electron chi connectivity index (χ1n) is 6.79. The normalized spacial score (nSPS) is 15.1. The van der Waals surface area contributed by atoms with E-state index < -0.39 is 10.0 Å². The van der Waals surface area contributed by atoms with Gasteiger partial charge in [0.2, 0.25) is 0 Å². The summed E-state index contributed by atoms with van der Waals surface area (Å²) in [5.41, 5.74) is 2.32. The van der Waals surface area contributed by atoms with E-state index in [9.17, 15) is 8.42 Å². The van der Waals surface area contributed by atoms with E-state index in [1.807, 2.05) is 12.3 Å². The molecule has 2 aromatic rings. The van der Waals surface area contributed by atoms with Gasteiger partial charge in [-0.2, -0.15) is 0 Å². The van der Waals surface area contributed by atoms with Gasteiger partial charge in [0.05, 0.1) is 5.69 Å². The fourth-order valence-corrected chi connectivity index (χ4v) is 4.21. The largest absolute Gasteiger partial charge is 0.310 e. The summed E-state index contributed by atoms with van der Waals surface area (Å²) in [4.78, 5) is 4.05. The van der Waals surface area contributed by atoms with Gasteiger partial charge in [-0.1, -0.05) is 0 Å². The average molecular weight is 323 g/mol. The summed E-state index contributed by atoms with van der Waals surface area (Å²) in [5.74, 6) is 0. The number of rotatable bonds is 6. The number of sulfonamides is 1.